The van der Waals surface area contributed by atoms with Crippen LogP contribution >= 0.6 is 0 Å². The number of aliphatic imine (C=N–C) groups is 1. The highest BCUT2D eigenvalue weighted by atomic mass is 15.3. The number of fused-ring (bicyclic) bond motifs is 1. The van der Waals surface area contributed by atoms with Crippen molar-refractivity contribution in [3.05, 3.63) is 84.2 Å². The number of piperazine rings is 1. The van der Waals surface area contributed by atoms with Gasteiger partial charge >= 0.3 is 0 Å². The number of amidine groups is 1. The lowest BCUT2D eigenvalue weighted by molar-refractivity contribution is 0.215. The molecule has 7 nitrogen and oxygen atoms in total. The molecule has 0 spiro atoms. The summed E-state index contributed by atoms with van der Waals surface area (Å²) < 4.78 is 0. The van der Waals surface area contributed by atoms with Crippen molar-refractivity contribution in [1.29, 1.82) is 0 Å². The maximum atomic E-state index is 4.74. The van der Waals surface area contributed by atoms with Crippen LogP contribution < -0.4 is 0 Å². The monoisotopic (exact) mass is 551 g/mol. The molecular formula is C34H45N7. The summed E-state index contributed by atoms with van der Waals surface area (Å²) in [4.78, 5) is 15.6. The van der Waals surface area contributed by atoms with Crippen LogP contribution in [0.3, 0.4) is 0 Å². The highest BCUT2D eigenvalue weighted by molar-refractivity contribution is 6.02. The minimum absolute atomic E-state index is 0.918. The van der Waals surface area contributed by atoms with Crippen LogP contribution in [0.4, 0.5) is 0 Å². The molecule has 5 rings (SSSR count). The summed E-state index contributed by atoms with van der Waals surface area (Å²) in [6, 6.07) is 8.74. The summed E-state index contributed by atoms with van der Waals surface area (Å²) in [6.07, 6.45) is 13.0. The molecule has 0 radical (unpaired) electrons. The Morgan fingerprint density at radius 3 is 2.56 bits per heavy atom. The van der Waals surface area contributed by atoms with Crippen LogP contribution in [-0.4, -0.2) is 88.6 Å². The SMILES string of the molecule is C=CN=C(c1cc(-c2n[nH]c3ccc(C(/C=C(\C=C)CCCN4CCCC4)=C/C)cc23)[nH]c1C)N1CCN(C)CC1. The van der Waals surface area contributed by atoms with E-state index >= 15 is 0 Å². The smallest absolute Gasteiger partial charge is 0.137 e. The lowest BCUT2D eigenvalue weighted by Gasteiger charge is -2.34. The Morgan fingerprint density at radius 2 is 1.85 bits per heavy atom. The summed E-state index contributed by atoms with van der Waals surface area (Å²) in [5.74, 6) is 0.969. The summed E-state index contributed by atoms with van der Waals surface area (Å²) in [5.41, 5.74) is 8.76. The number of aromatic nitrogens is 3. The van der Waals surface area contributed by atoms with Gasteiger partial charge in [-0.3, -0.25) is 5.10 Å². The van der Waals surface area contributed by atoms with E-state index in [4.69, 9.17) is 10.1 Å². The van der Waals surface area contributed by atoms with Crippen molar-refractivity contribution in [2.24, 2.45) is 4.99 Å². The van der Waals surface area contributed by atoms with Gasteiger partial charge in [0.05, 0.1) is 11.2 Å². The average Bonchev–Trinajstić information content (AvgIpc) is 3.74. The summed E-state index contributed by atoms with van der Waals surface area (Å²) >= 11 is 0. The van der Waals surface area contributed by atoms with Gasteiger partial charge in [0, 0.05) is 49.0 Å². The number of hydrogen-bond acceptors (Lipinski definition) is 4. The van der Waals surface area contributed by atoms with Gasteiger partial charge in [-0.2, -0.15) is 5.10 Å². The van der Waals surface area contributed by atoms with Crippen LogP contribution in [0, 0.1) is 6.92 Å². The molecule has 41 heavy (non-hydrogen) atoms. The molecule has 2 aliphatic rings. The molecule has 0 atom stereocenters. The highest BCUT2D eigenvalue weighted by Crippen LogP contribution is 2.31. The fraction of sp³-hybridized carbons (Fsp3) is 0.412. The Labute approximate surface area is 245 Å². The molecule has 216 valence electrons. The van der Waals surface area contributed by atoms with Crippen molar-refractivity contribution in [1.82, 2.24) is 29.9 Å². The average molecular weight is 552 g/mol. The number of nitrogens with zero attached hydrogens (tertiary/aromatic N) is 5. The Hall–Kier alpha value is -3.68. The van der Waals surface area contributed by atoms with Crippen molar-refractivity contribution < 1.29 is 0 Å². The standard InChI is InChI=1S/C34H45N7/c1-6-26(12-11-17-40-15-9-10-16-40)22-27(7-2)28-13-14-31-30(23-28)33(38-37-31)32-24-29(25(4)36-32)34(35-8-3)41-20-18-39(5)19-21-41/h6-8,13-14,22-24,36H,1,3,9-12,15-21H2,2,4-5H3,(H,37,38)/b26-22+,27-7+,35-34?. The van der Waals surface area contributed by atoms with Crippen LogP contribution in [0.15, 0.2) is 72.4 Å². The van der Waals surface area contributed by atoms with Gasteiger partial charge in [0.15, 0.2) is 0 Å². The number of nitrogens with one attached hydrogen (secondary N) is 2. The molecule has 0 saturated carbocycles. The number of hydrogen-bond donors (Lipinski definition) is 2. The third-order valence-corrected chi connectivity index (χ3v) is 8.48. The molecule has 4 heterocycles. The van der Waals surface area contributed by atoms with Crippen molar-refractivity contribution in [3.8, 4) is 11.4 Å². The van der Waals surface area contributed by atoms with Crippen LogP contribution in [0.5, 0.6) is 0 Å². The van der Waals surface area contributed by atoms with Gasteiger partial charge in [-0.1, -0.05) is 37.5 Å². The van der Waals surface area contributed by atoms with Gasteiger partial charge < -0.3 is 19.7 Å². The predicted octanol–water partition coefficient (Wildman–Crippen LogP) is 6.40. The lowest BCUT2D eigenvalue weighted by atomic mass is 9.98. The second-order valence-electron chi connectivity index (χ2n) is 11.3. The Bertz CT molecular complexity index is 1450. The van der Waals surface area contributed by atoms with Gasteiger partial charge in [-0.15, -0.1) is 0 Å². The zero-order valence-electron chi connectivity index (χ0n) is 25.0. The largest absolute Gasteiger partial charge is 0.357 e. The first-order chi connectivity index (χ1) is 20.0. The summed E-state index contributed by atoms with van der Waals surface area (Å²) in [5, 5.41) is 9.07. The van der Waals surface area contributed by atoms with E-state index < -0.39 is 0 Å². The molecule has 2 saturated heterocycles. The number of likely N-dealkylation sites (tertiary alicyclic amines) is 1. The second-order valence-corrected chi connectivity index (χ2v) is 11.3. The molecule has 0 amide bonds. The van der Waals surface area contributed by atoms with E-state index in [1.165, 1.54) is 55.6 Å². The number of aryl methyl sites for hydroxylation is 1. The summed E-state index contributed by atoms with van der Waals surface area (Å²) in [6.45, 7) is 19.8. The third kappa shape index (κ3) is 6.63. The number of benzene rings is 1. The molecule has 0 bridgehead atoms. The maximum Gasteiger partial charge on any atom is 0.137 e. The van der Waals surface area contributed by atoms with E-state index in [2.05, 4.69) is 95.3 Å². The number of H-pyrrole nitrogens is 2. The fourth-order valence-electron chi connectivity index (χ4n) is 6.02. The van der Waals surface area contributed by atoms with E-state index in [0.717, 1.165) is 72.0 Å². The van der Waals surface area contributed by atoms with Gasteiger partial charge in [-0.05, 0) is 101 Å². The molecule has 7 heteroatoms. The quantitative estimate of drug-likeness (QED) is 0.174. The minimum atomic E-state index is 0.918. The van der Waals surface area contributed by atoms with E-state index in [1.54, 1.807) is 6.20 Å². The molecule has 0 unspecified atom stereocenters. The maximum absolute atomic E-state index is 4.74. The van der Waals surface area contributed by atoms with Crippen LogP contribution in [-0.2, 0) is 0 Å². The van der Waals surface area contributed by atoms with E-state index in [0.29, 0.717) is 0 Å². The van der Waals surface area contributed by atoms with Crippen LogP contribution in [0.25, 0.3) is 27.9 Å². The topological polar surface area (TPSA) is 66.5 Å². The van der Waals surface area contributed by atoms with Crippen molar-refractivity contribution >= 4 is 22.3 Å². The molecule has 2 aromatic heterocycles. The second kappa shape index (κ2) is 13.3. The first-order valence-electron chi connectivity index (χ1n) is 15.0. The highest BCUT2D eigenvalue weighted by Gasteiger charge is 2.23. The van der Waals surface area contributed by atoms with E-state index in [9.17, 15) is 0 Å². The number of aromatic amines is 2. The zero-order valence-corrected chi connectivity index (χ0v) is 25.0. The molecule has 0 aliphatic carbocycles. The van der Waals surface area contributed by atoms with E-state index in [1.807, 2.05) is 6.08 Å². The third-order valence-electron chi connectivity index (χ3n) is 8.48. The Balaban J connectivity index is 1.40. The molecule has 1 aromatic carbocycles. The Kier molecular flexibility index (Phi) is 9.37. The number of rotatable bonds is 10. The fourth-order valence-corrected chi connectivity index (χ4v) is 6.02. The molecular weight excluding hydrogens is 506 g/mol. The summed E-state index contributed by atoms with van der Waals surface area (Å²) in [7, 11) is 2.17. The number of allylic oxidation sites excluding steroid dienone is 5. The van der Waals surface area contributed by atoms with Crippen molar-refractivity contribution in [2.45, 2.75) is 39.5 Å². The van der Waals surface area contributed by atoms with Crippen molar-refractivity contribution in [3.63, 3.8) is 0 Å². The first-order valence-corrected chi connectivity index (χ1v) is 15.0. The first kappa shape index (κ1) is 28.8. The van der Waals surface area contributed by atoms with E-state index in [-0.39, 0.29) is 0 Å². The van der Waals surface area contributed by atoms with Gasteiger partial charge in [0.2, 0.25) is 0 Å². The zero-order chi connectivity index (χ0) is 28.8. The molecule has 2 aliphatic heterocycles. The Morgan fingerprint density at radius 1 is 1.07 bits per heavy atom. The molecule has 2 N–H and O–H groups in total. The predicted molar refractivity (Wildman–Crippen MR) is 173 cm³/mol. The minimum Gasteiger partial charge on any atom is -0.357 e. The van der Waals surface area contributed by atoms with Crippen LogP contribution in [0.1, 0.15) is 49.4 Å². The lowest BCUT2D eigenvalue weighted by Crippen LogP contribution is -2.47. The van der Waals surface area contributed by atoms with Gasteiger partial charge in [0.25, 0.3) is 0 Å². The molecule has 3 aromatic rings. The van der Waals surface area contributed by atoms with Crippen molar-refractivity contribution in [2.75, 3.05) is 52.9 Å². The van der Waals surface area contributed by atoms with Gasteiger partial charge in [-0.25, -0.2) is 4.99 Å². The number of likely N-dealkylation sites (N-methyl/N-ethyl adjacent to an activating group) is 1. The normalized spacial score (nSPS) is 18.0. The van der Waals surface area contributed by atoms with Crippen LogP contribution in [0.2, 0.25) is 0 Å². The molecule has 2 fully saturated rings. The van der Waals surface area contributed by atoms with Gasteiger partial charge in [0.1, 0.15) is 11.5 Å².